The Balaban J connectivity index is 3.70. The smallest absolute Gasteiger partial charge is 0.305 e. The van der Waals surface area contributed by atoms with Crippen molar-refractivity contribution < 1.29 is 23.8 Å². The van der Waals surface area contributed by atoms with Gasteiger partial charge in [-0.2, -0.15) is 0 Å². The summed E-state index contributed by atoms with van der Waals surface area (Å²) in [5.41, 5.74) is 0. The molecule has 0 saturated carbocycles. The lowest BCUT2D eigenvalue weighted by Crippen LogP contribution is -2.28. The number of carbonyl (C=O) groups is 2. The molecule has 0 N–H and O–H groups in total. The summed E-state index contributed by atoms with van der Waals surface area (Å²) in [5, 5.41) is 0. The number of esters is 2. The zero-order valence-electron chi connectivity index (χ0n) is 25.9. The molecule has 0 heterocycles. The average Bonchev–Trinajstić information content (AvgIpc) is 2.92. The lowest BCUT2D eigenvalue weighted by molar-refractivity contribution is -0.144. The molecule has 0 aliphatic carbocycles. The van der Waals surface area contributed by atoms with Crippen molar-refractivity contribution in [1.29, 1.82) is 0 Å². The number of ether oxygens (including phenoxy) is 3. The summed E-state index contributed by atoms with van der Waals surface area (Å²) in [5.74, 6) is 6.20. The Morgan fingerprint density at radius 1 is 0.564 bits per heavy atom. The molecule has 0 aromatic rings. The maximum Gasteiger partial charge on any atom is 0.305 e. The van der Waals surface area contributed by atoms with Crippen LogP contribution in [-0.4, -0.2) is 63.4 Å². The Hall–Kier alpha value is -1.58. The third-order valence-electron chi connectivity index (χ3n) is 6.83. The molecule has 6 heteroatoms. The fourth-order valence-corrected chi connectivity index (χ4v) is 4.49. The maximum atomic E-state index is 11.8. The highest BCUT2D eigenvalue weighted by Crippen LogP contribution is 2.11. The molecular formula is C33H61NO5. The molecule has 6 nitrogen and oxygen atoms in total. The minimum Gasteiger partial charge on any atom is -0.466 e. The first-order valence-electron chi connectivity index (χ1n) is 16.1. The van der Waals surface area contributed by atoms with Crippen molar-refractivity contribution in [2.45, 2.75) is 142 Å². The van der Waals surface area contributed by atoms with Crippen LogP contribution >= 0.6 is 0 Å². The first-order valence-corrected chi connectivity index (χ1v) is 16.1. The van der Waals surface area contributed by atoms with E-state index in [1.165, 1.54) is 70.8 Å². The topological polar surface area (TPSA) is 65.1 Å². The van der Waals surface area contributed by atoms with E-state index in [0.29, 0.717) is 26.1 Å². The van der Waals surface area contributed by atoms with Crippen LogP contribution in [0.1, 0.15) is 142 Å². The van der Waals surface area contributed by atoms with Crippen LogP contribution in [0.3, 0.4) is 0 Å². The summed E-state index contributed by atoms with van der Waals surface area (Å²) < 4.78 is 15.6. The predicted octanol–water partition coefficient (Wildman–Crippen LogP) is 7.87. The van der Waals surface area contributed by atoms with Gasteiger partial charge >= 0.3 is 11.9 Å². The van der Waals surface area contributed by atoms with Crippen LogP contribution in [0, 0.1) is 11.8 Å². The summed E-state index contributed by atoms with van der Waals surface area (Å²) in [6, 6.07) is 0. The van der Waals surface area contributed by atoms with Crippen LogP contribution in [0.25, 0.3) is 0 Å². The van der Waals surface area contributed by atoms with Crippen LogP contribution in [-0.2, 0) is 23.8 Å². The van der Waals surface area contributed by atoms with Gasteiger partial charge in [-0.3, -0.25) is 9.59 Å². The van der Waals surface area contributed by atoms with Gasteiger partial charge < -0.3 is 19.1 Å². The summed E-state index contributed by atoms with van der Waals surface area (Å²) >= 11 is 0. The zero-order chi connectivity index (χ0) is 28.7. The Morgan fingerprint density at radius 2 is 1.05 bits per heavy atom. The molecule has 0 bridgehead atoms. The molecule has 0 aromatic carbocycles. The molecule has 228 valence electrons. The third kappa shape index (κ3) is 29.2. The van der Waals surface area contributed by atoms with Gasteiger partial charge in [-0.05, 0) is 65.0 Å². The van der Waals surface area contributed by atoms with Crippen molar-refractivity contribution in [3.8, 4) is 11.8 Å². The average molecular weight is 552 g/mol. The van der Waals surface area contributed by atoms with Crippen LogP contribution in [0.15, 0.2) is 0 Å². The van der Waals surface area contributed by atoms with Crippen LogP contribution < -0.4 is 0 Å². The van der Waals surface area contributed by atoms with Gasteiger partial charge in [0.15, 0.2) is 0 Å². The van der Waals surface area contributed by atoms with Gasteiger partial charge in [-0.1, -0.05) is 64.7 Å². The van der Waals surface area contributed by atoms with Crippen molar-refractivity contribution in [2.75, 3.05) is 46.6 Å². The molecule has 0 aliphatic rings. The predicted molar refractivity (Wildman–Crippen MR) is 162 cm³/mol. The standard InChI is InChI=1S/C33H61NO5/c1-4-6-7-8-12-18-23-31-39-33(36)26-20-14-10-9-11-16-21-27-34(29-24-30-37-3)28-22-17-13-15-19-25-32(35)38-5-2/h4-7,9-11,13-31H2,1-3H3. The number of hydrogen-bond acceptors (Lipinski definition) is 6. The Morgan fingerprint density at radius 3 is 1.59 bits per heavy atom. The Labute approximate surface area is 241 Å². The van der Waals surface area contributed by atoms with Gasteiger partial charge in [-0.25, -0.2) is 0 Å². The number of hydrogen-bond donors (Lipinski definition) is 0. The fourth-order valence-electron chi connectivity index (χ4n) is 4.49. The highest BCUT2D eigenvalue weighted by Gasteiger charge is 2.06. The Kier molecular flexibility index (Phi) is 29.7. The van der Waals surface area contributed by atoms with Crippen molar-refractivity contribution in [1.82, 2.24) is 4.90 Å². The van der Waals surface area contributed by atoms with Crippen LogP contribution in [0.2, 0.25) is 0 Å². The second-order valence-corrected chi connectivity index (χ2v) is 10.5. The molecule has 0 amide bonds. The van der Waals surface area contributed by atoms with E-state index in [-0.39, 0.29) is 11.9 Å². The largest absolute Gasteiger partial charge is 0.466 e. The first-order chi connectivity index (χ1) is 19.1. The molecule has 0 aromatic heterocycles. The Bertz CT molecular complexity index is 613. The normalized spacial score (nSPS) is 10.9. The van der Waals surface area contributed by atoms with Gasteiger partial charge in [0.25, 0.3) is 0 Å². The quantitative estimate of drug-likeness (QED) is 0.0560. The number of carbonyl (C=O) groups excluding carboxylic acids is 2. The second-order valence-electron chi connectivity index (χ2n) is 10.5. The third-order valence-corrected chi connectivity index (χ3v) is 6.83. The number of nitrogens with zero attached hydrogens (tertiary/aromatic N) is 1. The SMILES string of the molecule is CCCCC#CCCCOC(=O)CCCCCCCCCN(CCCCCCCC(=O)OCC)CCCOC. The van der Waals surface area contributed by atoms with E-state index in [2.05, 4.69) is 23.7 Å². The van der Waals surface area contributed by atoms with Gasteiger partial charge in [0, 0.05) is 45.9 Å². The van der Waals surface area contributed by atoms with E-state index in [9.17, 15) is 9.59 Å². The van der Waals surface area contributed by atoms with E-state index in [1.54, 1.807) is 7.11 Å². The van der Waals surface area contributed by atoms with Gasteiger partial charge in [-0.15, -0.1) is 11.8 Å². The van der Waals surface area contributed by atoms with Gasteiger partial charge in [0.2, 0.25) is 0 Å². The van der Waals surface area contributed by atoms with E-state index >= 15 is 0 Å². The monoisotopic (exact) mass is 551 g/mol. The minimum atomic E-state index is -0.0627. The second kappa shape index (κ2) is 31.0. The van der Waals surface area contributed by atoms with E-state index in [1.807, 2.05) is 6.92 Å². The molecule has 0 rings (SSSR count). The van der Waals surface area contributed by atoms with Crippen LogP contribution in [0.5, 0.6) is 0 Å². The van der Waals surface area contributed by atoms with Crippen LogP contribution in [0.4, 0.5) is 0 Å². The minimum absolute atomic E-state index is 0.0563. The number of rotatable bonds is 28. The van der Waals surface area contributed by atoms with Crippen molar-refractivity contribution >= 4 is 11.9 Å². The van der Waals surface area contributed by atoms with Crippen molar-refractivity contribution in [2.24, 2.45) is 0 Å². The summed E-state index contributed by atoms with van der Waals surface area (Å²) in [6.45, 7) is 9.27. The zero-order valence-corrected chi connectivity index (χ0v) is 25.9. The lowest BCUT2D eigenvalue weighted by Gasteiger charge is -2.22. The van der Waals surface area contributed by atoms with E-state index in [0.717, 1.165) is 71.1 Å². The highest BCUT2D eigenvalue weighted by atomic mass is 16.5. The molecule has 0 fully saturated rings. The molecule has 0 aliphatic heterocycles. The number of methoxy groups -OCH3 is 1. The molecule has 0 spiro atoms. The van der Waals surface area contributed by atoms with Gasteiger partial charge in [0.05, 0.1) is 13.2 Å². The molecule has 0 radical (unpaired) electrons. The summed E-state index contributed by atoms with van der Waals surface area (Å²) in [4.78, 5) is 25.8. The highest BCUT2D eigenvalue weighted by molar-refractivity contribution is 5.69. The number of unbranched alkanes of at least 4 members (excludes halogenated alkanes) is 13. The molecular weight excluding hydrogens is 490 g/mol. The lowest BCUT2D eigenvalue weighted by atomic mass is 10.1. The summed E-state index contributed by atoms with van der Waals surface area (Å²) in [7, 11) is 1.77. The molecule has 0 atom stereocenters. The molecule has 39 heavy (non-hydrogen) atoms. The maximum absolute atomic E-state index is 11.8. The van der Waals surface area contributed by atoms with Gasteiger partial charge in [0.1, 0.15) is 0 Å². The molecule has 0 unspecified atom stereocenters. The first kappa shape index (κ1) is 37.4. The van der Waals surface area contributed by atoms with E-state index in [4.69, 9.17) is 14.2 Å². The van der Waals surface area contributed by atoms with E-state index < -0.39 is 0 Å². The summed E-state index contributed by atoms with van der Waals surface area (Å²) in [6.07, 6.45) is 21.2. The van der Waals surface area contributed by atoms with Crippen molar-refractivity contribution in [3.05, 3.63) is 0 Å². The fraction of sp³-hybridized carbons (Fsp3) is 0.879. The van der Waals surface area contributed by atoms with Crippen molar-refractivity contribution in [3.63, 3.8) is 0 Å². The molecule has 0 saturated heterocycles.